The number of nitrogens with two attached hydrogens (primary N) is 3. The molecule has 1 rings (SSSR count). The molecule has 1 aliphatic rings. The lowest BCUT2D eigenvalue weighted by atomic mass is 10.1. The fraction of sp³-hybridized carbons (Fsp3) is 0.333. The van der Waals surface area contributed by atoms with Crippen LogP contribution in [-0.2, 0) is 0 Å². The summed E-state index contributed by atoms with van der Waals surface area (Å²) in [6, 6.07) is 0. The minimum atomic E-state index is -0.563. The maximum Gasteiger partial charge on any atom is 0.121 e. The van der Waals surface area contributed by atoms with Gasteiger partial charge in [-0.1, -0.05) is 0 Å². The van der Waals surface area contributed by atoms with E-state index in [0.29, 0.717) is 11.5 Å². The molecule has 1 aliphatic heterocycles. The molecular formula is C6H12N4. The number of hydrogen-bond donors (Lipinski definition) is 4. The molecule has 1 unspecified atom stereocenters. The maximum absolute atomic E-state index is 5.66. The van der Waals surface area contributed by atoms with E-state index in [1.165, 1.54) is 0 Å². The van der Waals surface area contributed by atoms with Gasteiger partial charge < -0.3 is 22.5 Å². The molecule has 4 nitrogen and oxygen atoms in total. The Morgan fingerprint density at radius 1 is 1.50 bits per heavy atom. The van der Waals surface area contributed by atoms with Gasteiger partial charge in [0.25, 0.3) is 0 Å². The molecule has 0 saturated heterocycles. The molecule has 0 spiro atoms. The first-order valence-corrected chi connectivity index (χ1v) is 3.03. The number of dihydropyridines is 1. The Bertz CT molecular complexity index is 202. The zero-order valence-corrected chi connectivity index (χ0v) is 5.89. The third-order valence-electron chi connectivity index (χ3n) is 1.32. The lowest BCUT2D eigenvalue weighted by Gasteiger charge is -2.27. The second kappa shape index (κ2) is 1.91. The molecular weight excluding hydrogens is 128 g/mol. The van der Waals surface area contributed by atoms with Crippen LogP contribution in [0.4, 0.5) is 0 Å². The summed E-state index contributed by atoms with van der Waals surface area (Å²) >= 11 is 0. The lowest BCUT2D eigenvalue weighted by molar-refractivity contribution is 0.490. The fourth-order valence-electron chi connectivity index (χ4n) is 0.757. The zero-order chi connectivity index (χ0) is 7.78. The molecule has 1 atom stereocenters. The van der Waals surface area contributed by atoms with E-state index >= 15 is 0 Å². The minimum Gasteiger partial charge on any atom is -0.396 e. The van der Waals surface area contributed by atoms with Gasteiger partial charge in [0, 0.05) is 0 Å². The summed E-state index contributed by atoms with van der Waals surface area (Å²) in [5, 5.41) is 2.83. The van der Waals surface area contributed by atoms with Crippen LogP contribution >= 0.6 is 0 Å². The second-order valence-electron chi connectivity index (χ2n) is 2.61. The highest BCUT2D eigenvalue weighted by Crippen LogP contribution is 2.06. The number of rotatable bonds is 0. The van der Waals surface area contributed by atoms with Gasteiger partial charge in [0.1, 0.15) is 11.5 Å². The van der Waals surface area contributed by atoms with Crippen LogP contribution in [0.15, 0.2) is 23.7 Å². The van der Waals surface area contributed by atoms with E-state index in [0.717, 1.165) is 0 Å². The third-order valence-corrected chi connectivity index (χ3v) is 1.32. The Morgan fingerprint density at radius 2 is 2.10 bits per heavy atom. The van der Waals surface area contributed by atoms with Gasteiger partial charge in [-0.3, -0.25) is 0 Å². The molecule has 0 amide bonds. The van der Waals surface area contributed by atoms with E-state index in [9.17, 15) is 0 Å². The minimum absolute atomic E-state index is 0.438. The molecule has 56 valence electrons. The first kappa shape index (κ1) is 6.95. The molecule has 0 aliphatic carbocycles. The molecule has 0 fully saturated rings. The first-order valence-electron chi connectivity index (χ1n) is 3.03. The number of nitrogens with one attached hydrogen (secondary N) is 1. The predicted molar refractivity (Wildman–Crippen MR) is 40.3 cm³/mol. The maximum atomic E-state index is 5.66. The van der Waals surface area contributed by atoms with E-state index in [1.54, 1.807) is 12.2 Å². The van der Waals surface area contributed by atoms with Gasteiger partial charge >= 0.3 is 0 Å². The Kier molecular flexibility index (Phi) is 1.33. The summed E-state index contributed by atoms with van der Waals surface area (Å²) in [4.78, 5) is 0. The average molecular weight is 140 g/mol. The quantitative estimate of drug-likeness (QED) is 0.344. The molecule has 1 heterocycles. The van der Waals surface area contributed by atoms with Crippen molar-refractivity contribution in [2.45, 2.75) is 12.6 Å². The highest BCUT2D eigenvalue weighted by atomic mass is 15.2. The van der Waals surface area contributed by atoms with E-state index in [4.69, 9.17) is 17.2 Å². The van der Waals surface area contributed by atoms with Crippen LogP contribution in [0.3, 0.4) is 0 Å². The van der Waals surface area contributed by atoms with Crippen LogP contribution < -0.4 is 22.5 Å². The first-order chi connectivity index (χ1) is 4.51. The van der Waals surface area contributed by atoms with Crippen molar-refractivity contribution in [3.8, 4) is 0 Å². The van der Waals surface area contributed by atoms with Gasteiger partial charge in [-0.2, -0.15) is 0 Å². The van der Waals surface area contributed by atoms with Gasteiger partial charge in [-0.15, -0.1) is 0 Å². The Balaban J connectivity index is 2.85. The van der Waals surface area contributed by atoms with Crippen molar-refractivity contribution in [2.75, 3.05) is 0 Å². The molecule has 0 bridgehead atoms. The van der Waals surface area contributed by atoms with Crippen LogP contribution in [0, 0.1) is 0 Å². The summed E-state index contributed by atoms with van der Waals surface area (Å²) in [6.45, 7) is 1.81. The number of allylic oxidation sites excluding steroid dienone is 1. The molecule has 4 heteroatoms. The zero-order valence-electron chi connectivity index (χ0n) is 5.89. The Labute approximate surface area is 59.7 Å². The van der Waals surface area contributed by atoms with Gasteiger partial charge in [-0.25, -0.2) is 0 Å². The molecule has 0 saturated carbocycles. The predicted octanol–water partition coefficient (Wildman–Crippen LogP) is -1.09. The van der Waals surface area contributed by atoms with Crippen molar-refractivity contribution in [1.82, 2.24) is 5.32 Å². The highest BCUT2D eigenvalue weighted by Gasteiger charge is 2.18. The van der Waals surface area contributed by atoms with Crippen molar-refractivity contribution in [1.29, 1.82) is 0 Å². The van der Waals surface area contributed by atoms with Crippen molar-refractivity contribution in [3.63, 3.8) is 0 Å². The standard InChI is InChI=1S/C6H12N4/c1-6(9)3-2-4(7)5(8)10-6/h2-3,10H,7-9H2,1H3. The van der Waals surface area contributed by atoms with E-state index in [1.807, 2.05) is 6.92 Å². The molecule has 0 aromatic rings. The Hall–Kier alpha value is -1.16. The van der Waals surface area contributed by atoms with Crippen LogP contribution in [0.25, 0.3) is 0 Å². The molecule has 10 heavy (non-hydrogen) atoms. The van der Waals surface area contributed by atoms with E-state index < -0.39 is 5.66 Å². The van der Waals surface area contributed by atoms with Crippen molar-refractivity contribution in [3.05, 3.63) is 23.7 Å². The van der Waals surface area contributed by atoms with Crippen molar-refractivity contribution in [2.24, 2.45) is 17.2 Å². The second-order valence-corrected chi connectivity index (χ2v) is 2.61. The van der Waals surface area contributed by atoms with Crippen LogP contribution in [0.5, 0.6) is 0 Å². The van der Waals surface area contributed by atoms with Crippen LogP contribution in [-0.4, -0.2) is 5.66 Å². The summed E-state index contributed by atoms with van der Waals surface area (Å²) < 4.78 is 0. The van der Waals surface area contributed by atoms with Crippen LogP contribution in [0.1, 0.15) is 6.92 Å². The molecule has 7 N–H and O–H groups in total. The monoisotopic (exact) mass is 140 g/mol. The average Bonchev–Trinajstić information content (AvgIpc) is 1.79. The molecule has 0 aromatic carbocycles. The topological polar surface area (TPSA) is 90.1 Å². The van der Waals surface area contributed by atoms with Gasteiger partial charge in [-0.05, 0) is 19.1 Å². The normalized spacial score (nSPS) is 32.2. The Morgan fingerprint density at radius 3 is 2.50 bits per heavy atom. The molecule has 0 radical (unpaired) electrons. The van der Waals surface area contributed by atoms with E-state index in [-0.39, 0.29) is 0 Å². The van der Waals surface area contributed by atoms with Gasteiger partial charge in [0.15, 0.2) is 0 Å². The molecule has 0 aromatic heterocycles. The number of hydrogen-bond acceptors (Lipinski definition) is 4. The lowest BCUT2D eigenvalue weighted by Crippen LogP contribution is -2.52. The summed E-state index contributed by atoms with van der Waals surface area (Å²) in [7, 11) is 0. The smallest absolute Gasteiger partial charge is 0.121 e. The largest absolute Gasteiger partial charge is 0.396 e. The summed E-state index contributed by atoms with van der Waals surface area (Å²) in [5.74, 6) is 0.438. The van der Waals surface area contributed by atoms with E-state index in [2.05, 4.69) is 5.32 Å². The fourth-order valence-corrected chi connectivity index (χ4v) is 0.757. The van der Waals surface area contributed by atoms with Crippen molar-refractivity contribution < 1.29 is 0 Å². The van der Waals surface area contributed by atoms with Crippen LogP contribution in [0.2, 0.25) is 0 Å². The third kappa shape index (κ3) is 1.22. The summed E-state index contributed by atoms with van der Waals surface area (Å²) in [6.07, 6.45) is 3.46. The SMILES string of the molecule is CC1(N)C=CC(N)=C(N)N1. The summed E-state index contributed by atoms with van der Waals surface area (Å²) in [5.41, 5.74) is 16.5. The van der Waals surface area contributed by atoms with Gasteiger partial charge in [0.2, 0.25) is 0 Å². The van der Waals surface area contributed by atoms with Gasteiger partial charge in [0.05, 0.1) is 5.70 Å². The highest BCUT2D eigenvalue weighted by molar-refractivity contribution is 5.28. The van der Waals surface area contributed by atoms with Crippen molar-refractivity contribution >= 4 is 0 Å².